The van der Waals surface area contributed by atoms with Gasteiger partial charge >= 0.3 is 0 Å². The molecule has 36 heavy (non-hydrogen) atoms. The van der Waals surface area contributed by atoms with Gasteiger partial charge in [-0.2, -0.15) is 0 Å². The molecule has 0 saturated heterocycles. The van der Waals surface area contributed by atoms with Gasteiger partial charge in [-0.05, 0) is 31.5 Å². The molecule has 0 fully saturated rings. The van der Waals surface area contributed by atoms with Crippen LogP contribution in [0.15, 0.2) is 76.8 Å². The van der Waals surface area contributed by atoms with E-state index in [0.29, 0.717) is 5.56 Å². The van der Waals surface area contributed by atoms with Crippen molar-refractivity contribution in [2.75, 3.05) is 10.6 Å². The highest BCUT2D eigenvalue weighted by Crippen LogP contribution is 2.34. The molecule has 0 heterocycles. The summed E-state index contributed by atoms with van der Waals surface area (Å²) in [5.41, 5.74) is 0.762. The number of nitrogens with one attached hydrogen (secondary N) is 2. The van der Waals surface area contributed by atoms with E-state index in [-0.39, 0.29) is 33.4 Å². The van der Waals surface area contributed by atoms with Gasteiger partial charge < -0.3 is 20.9 Å². The number of phenols is 1. The van der Waals surface area contributed by atoms with Crippen LogP contribution in [0.3, 0.4) is 0 Å². The number of nitrogens with zero attached hydrogens (tertiary/aromatic N) is 1. The number of oxime groups is 1. The molecule has 2 amide bonds. The van der Waals surface area contributed by atoms with Crippen LogP contribution in [0.4, 0.5) is 11.4 Å². The van der Waals surface area contributed by atoms with Crippen LogP contribution in [0.1, 0.15) is 24.5 Å². The molecule has 4 N–H and O–H groups in total. The molecule has 3 aromatic carbocycles. The molecule has 9 nitrogen and oxygen atoms in total. The Labute approximate surface area is 213 Å². The molecule has 0 spiro atoms. The van der Waals surface area contributed by atoms with E-state index < -0.39 is 32.7 Å². The third-order valence-corrected chi connectivity index (χ3v) is 7.88. The minimum Gasteiger partial charge on any atom is -0.506 e. The molecular formula is C25H24ClN3O6S. The van der Waals surface area contributed by atoms with Gasteiger partial charge in [-0.3, -0.25) is 9.59 Å². The van der Waals surface area contributed by atoms with Crippen molar-refractivity contribution in [2.24, 2.45) is 5.16 Å². The minimum absolute atomic E-state index is 0.00252. The number of phenolic OH excluding ortho intramolecular Hbond substituents is 1. The lowest BCUT2D eigenvalue weighted by Crippen LogP contribution is -2.34. The van der Waals surface area contributed by atoms with Crippen LogP contribution in [0.2, 0.25) is 5.02 Å². The monoisotopic (exact) mass is 529 g/mol. The molecule has 0 aliphatic carbocycles. The van der Waals surface area contributed by atoms with E-state index in [9.17, 15) is 28.3 Å². The summed E-state index contributed by atoms with van der Waals surface area (Å²) >= 11 is 6.25. The van der Waals surface area contributed by atoms with Gasteiger partial charge in [0.1, 0.15) is 11.0 Å². The third kappa shape index (κ3) is 5.84. The molecule has 0 radical (unpaired) electrons. The maximum Gasteiger partial charge on any atom is 0.278 e. The third-order valence-electron chi connectivity index (χ3n) is 5.34. The van der Waals surface area contributed by atoms with Crippen LogP contribution < -0.4 is 10.6 Å². The van der Waals surface area contributed by atoms with E-state index in [1.54, 1.807) is 49.4 Å². The fourth-order valence-electron chi connectivity index (χ4n) is 3.42. The highest BCUT2D eigenvalue weighted by atomic mass is 35.5. The Morgan fingerprint density at radius 1 is 1.00 bits per heavy atom. The first-order valence-electron chi connectivity index (χ1n) is 10.8. The SMILES string of the molecule is CCC(C(=O)Nc1cc(O)c(NC(=O)/C(=N/O)c2ccccc2)cc1Cl)S(=O)(=O)c1ccc(C)cc1. The molecule has 11 heteroatoms. The molecule has 0 aromatic heterocycles. The maximum absolute atomic E-state index is 13.0. The number of amides is 2. The largest absolute Gasteiger partial charge is 0.506 e. The molecular weight excluding hydrogens is 506 g/mol. The van der Waals surface area contributed by atoms with Gasteiger partial charge in [-0.1, -0.05) is 71.7 Å². The van der Waals surface area contributed by atoms with Crippen molar-refractivity contribution < 1.29 is 28.3 Å². The summed E-state index contributed by atoms with van der Waals surface area (Å²) in [5, 5.41) is 26.1. The van der Waals surface area contributed by atoms with Gasteiger partial charge in [0.25, 0.3) is 5.91 Å². The van der Waals surface area contributed by atoms with Crippen LogP contribution in [0.5, 0.6) is 5.75 Å². The van der Waals surface area contributed by atoms with E-state index in [2.05, 4.69) is 15.8 Å². The Morgan fingerprint density at radius 3 is 2.22 bits per heavy atom. The molecule has 3 rings (SSSR count). The lowest BCUT2D eigenvalue weighted by Gasteiger charge is -2.18. The number of aryl methyl sites for hydroxylation is 1. The summed E-state index contributed by atoms with van der Waals surface area (Å²) in [5.74, 6) is -2.10. The van der Waals surface area contributed by atoms with Crippen molar-refractivity contribution >= 4 is 50.3 Å². The average Bonchev–Trinajstić information content (AvgIpc) is 2.84. The summed E-state index contributed by atoms with van der Waals surface area (Å²) in [4.78, 5) is 25.5. The number of halogens is 1. The quantitative estimate of drug-likeness (QED) is 0.148. The first kappa shape index (κ1) is 26.7. The number of carbonyl (C=O) groups excluding carboxylic acids is 2. The molecule has 0 aliphatic heterocycles. The van der Waals surface area contributed by atoms with Gasteiger partial charge in [0.15, 0.2) is 15.5 Å². The van der Waals surface area contributed by atoms with Gasteiger partial charge in [0.05, 0.1) is 21.3 Å². The van der Waals surface area contributed by atoms with Gasteiger partial charge in [0.2, 0.25) is 5.91 Å². The Hall–Kier alpha value is -3.89. The molecule has 1 unspecified atom stereocenters. The smallest absolute Gasteiger partial charge is 0.278 e. The zero-order valence-electron chi connectivity index (χ0n) is 19.4. The van der Waals surface area contributed by atoms with E-state index >= 15 is 0 Å². The highest BCUT2D eigenvalue weighted by molar-refractivity contribution is 7.92. The number of carbonyl (C=O) groups is 2. The fourth-order valence-corrected chi connectivity index (χ4v) is 5.26. The van der Waals surface area contributed by atoms with E-state index in [1.807, 2.05) is 6.92 Å². The standard InChI is InChI=1S/C25H24ClN3O6S/c1-3-22(36(34,35)17-11-9-15(2)10-12-17)24(31)27-19-14-21(30)20(13-18(19)26)28-25(32)23(29-33)16-7-5-4-6-8-16/h4-14,22,30,33H,3H2,1-2H3,(H,27,31)(H,28,32)/b29-23+. The van der Waals surface area contributed by atoms with E-state index in [0.717, 1.165) is 11.6 Å². The second-order valence-corrected chi connectivity index (χ2v) is 10.4. The maximum atomic E-state index is 13.0. The summed E-state index contributed by atoms with van der Waals surface area (Å²) in [6.45, 7) is 3.39. The number of sulfone groups is 1. The Balaban J connectivity index is 1.81. The lowest BCUT2D eigenvalue weighted by molar-refractivity contribution is -0.116. The number of hydrogen-bond donors (Lipinski definition) is 4. The normalized spacial score (nSPS) is 12.6. The fraction of sp³-hybridized carbons (Fsp3) is 0.160. The molecule has 3 aromatic rings. The second kappa shape index (κ2) is 11.2. The molecule has 1 atom stereocenters. The Kier molecular flexibility index (Phi) is 8.33. The molecule has 0 bridgehead atoms. The predicted octanol–water partition coefficient (Wildman–Crippen LogP) is 4.36. The summed E-state index contributed by atoms with van der Waals surface area (Å²) in [6.07, 6.45) is 0.00252. The summed E-state index contributed by atoms with van der Waals surface area (Å²) in [7, 11) is -3.98. The van der Waals surface area contributed by atoms with E-state index in [4.69, 9.17) is 11.6 Å². The van der Waals surface area contributed by atoms with Gasteiger partial charge in [-0.15, -0.1) is 0 Å². The highest BCUT2D eigenvalue weighted by Gasteiger charge is 2.33. The van der Waals surface area contributed by atoms with Crippen LogP contribution >= 0.6 is 11.6 Å². The number of aromatic hydroxyl groups is 1. The van der Waals surface area contributed by atoms with Gasteiger partial charge in [0, 0.05) is 11.6 Å². The second-order valence-electron chi connectivity index (χ2n) is 7.86. The van der Waals surface area contributed by atoms with Gasteiger partial charge in [-0.25, -0.2) is 8.42 Å². The number of anilines is 2. The van der Waals surface area contributed by atoms with Crippen molar-refractivity contribution in [1.82, 2.24) is 0 Å². The van der Waals surface area contributed by atoms with Crippen molar-refractivity contribution in [3.8, 4) is 5.75 Å². The Morgan fingerprint density at radius 2 is 1.64 bits per heavy atom. The zero-order chi connectivity index (χ0) is 26.5. The van der Waals surface area contributed by atoms with Crippen molar-refractivity contribution in [3.63, 3.8) is 0 Å². The lowest BCUT2D eigenvalue weighted by atomic mass is 10.1. The number of hydrogen-bond acceptors (Lipinski definition) is 7. The van der Waals surface area contributed by atoms with Crippen molar-refractivity contribution in [2.45, 2.75) is 30.4 Å². The van der Waals surface area contributed by atoms with Crippen LogP contribution in [0, 0.1) is 6.92 Å². The first-order chi connectivity index (χ1) is 17.1. The molecule has 0 aliphatic rings. The van der Waals surface area contributed by atoms with Crippen molar-refractivity contribution in [1.29, 1.82) is 0 Å². The molecule has 188 valence electrons. The topological polar surface area (TPSA) is 145 Å². The first-order valence-corrected chi connectivity index (χ1v) is 12.7. The summed E-state index contributed by atoms with van der Waals surface area (Å²) in [6, 6.07) is 16.6. The van der Waals surface area contributed by atoms with Crippen LogP contribution in [0.25, 0.3) is 0 Å². The summed E-state index contributed by atoms with van der Waals surface area (Å²) < 4.78 is 26.0. The van der Waals surface area contributed by atoms with Crippen LogP contribution in [-0.2, 0) is 19.4 Å². The van der Waals surface area contributed by atoms with E-state index in [1.165, 1.54) is 18.2 Å². The van der Waals surface area contributed by atoms with Crippen LogP contribution in [-0.4, -0.2) is 41.5 Å². The average molecular weight is 530 g/mol. The number of benzene rings is 3. The predicted molar refractivity (Wildman–Crippen MR) is 138 cm³/mol. The zero-order valence-corrected chi connectivity index (χ0v) is 21.0. The number of rotatable bonds is 8. The Bertz CT molecular complexity index is 1410. The molecule has 0 saturated carbocycles. The minimum atomic E-state index is -3.98. The van der Waals surface area contributed by atoms with Crippen molar-refractivity contribution in [3.05, 3.63) is 82.9 Å².